The third-order valence-electron chi connectivity index (χ3n) is 2.35. The first-order valence-electron chi connectivity index (χ1n) is 4.98. The number of halogens is 1. The van der Waals surface area contributed by atoms with Crippen molar-refractivity contribution in [1.29, 1.82) is 0 Å². The largest absolute Gasteiger partial charge is 0.399 e. The fourth-order valence-corrected chi connectivity index (χ4v) is 1.77. The van der Waals surface area contributed by atoms with E-state index in [1.165, 1.54) is 0 Å². The van der Waals surface area contributed by atoms with Gasteiger partial charge >= 0.3 is 0 Å². The van der Waals surface area contributed by atoms with Gasteiger partial charge in [0.15, 0.2) is 0 Å². The van der Waals surface area contributed by atoms with Crippen molar-refractivity contribution in [3.63, 3.8) is 0 Å². The average molecular weight is 237 g/mol. The SMILES string of the molecule is Cc1nc(C)n(Cc2cc(N)ccc2Cl)n1. The van der Waals surface area contributed by atoms with Crippen LogP contribution in [-0.2, 0) is 6.54 Å². The van der Waals surface area contributed by atoms with Crippen molar-refractivity contribution in [3.8, 4) is 0 Å². The topological polar surface area (TPSA) is 56.7 Å². The zero-order valence-corrected chi connectivity index (χ0v) is 9.99. The Labute approximate surface area is 99.1 Å². The predicted molar refractivity (Wildman–Crippen MR) is 64.5 cm³/mol. The van der Waals surface area contributed by atoms with Crippen LogP contribution in [0, 0.1) is 13.8 Å². The lowest BCUT2D eigenvalue weighted by atomic mass is 10.2. The summed E-state index contributed by atoms with van der Waals surface area (Å²) in [5, 5.41) is 4.98. The molecule has 16 heavy (non-hydrogen) atoms. The summed E-state index contributed by atoms with van der Waals surface area (Å²) in [5.41, 5.74) is 7.38. The fraction of sp³-hybridized carbons (Fsp3) is 0.273. The molecule has 1 heterocycles. The highest BCUT2D eigenvalue weighted by Crippen LogP contribution is 2.20. The van der Waals surface area contributed by atoms with E-state index in [9.17, 15) is 0 Å². The smallest absolute Gasteiger partial charge is 0.147 e. The van der Waals surface area contributed by atoms with Crippen LogP contribution in [0.2, 0.25) is 5.02 Å². The summed E-state index contributed by atoms with van der Waals surface area (Å²) in [6.45, 7) is 4.38. The van der Waals surface area contributed by atoms with Gasteiger partial charge in [-0.2, -0.15) is 5.10 Å². The van der Waals surface area contributed by atoms with Crippen LogP contribution in [0.4, 0.5) is 5.69 Å². The van der Waals surface area contributed by atoms with E-state index in [4.69, 9.17) is 17.3 Å². The molecule has 5 heteroatoms. The van der Waals surface area contributed by atoms with Crippen LogP contribution in [-0.4, -0.2) is 14.8 Å². The molecule has 0 aliphatic rings. The Balaban J connectivity index is 2.33. The van der Waals surface area contributed by atoms with Gasteiger partial charge in [0, 0.05) is 10.7 Å². The Morgan fingerprint density at radius 3 is 2.75 bits per heavy atom. The number of rotatable bonds is 2. The Morgan fingerprint density at radius 2 is 2.12 bits per heavy atom. The number of nitrogens with two attached hydrogens (primary N) is 1. The van der Waals surface area contributed by atoms with E-state index in [0.29, 0.717) is 17.3 Å². The van der Waals surface area contributed by atoms with Gasteiger partial charge in [0.05, 0.1) is 6.54 Å². The minimum atomic E-state index is 0.594. The number of nitrogens with zero attached hydrogens (tertiary/aromatic N) is 3. The second-order valence-electron chi connectivity index (χ2n) is 3.71. The van der Waals surface area contributed by atoms with E-state index in [0.717, 1.165) is 17.2 Å². The molecule has 2 rings (SSSR count). The Morgan fingerprint density at radius 1 is 1.38 bits per heavy atom. The summed E-state index contributed by atoms with van der Waals surface area (Å²) >= 11 is 6.09. The minimum absolute atomic E-state index is 0.594. The van der Waals surface area contributed by atoms with Gasteiger partial charge in [-0.3, -0.25) is 0 Å². The Hall–Kier alpha value is -1.55. The van der Waals surface area contributed by atoms with Crippen molar-refractivity contribution in [2.45, 2.75) is 20.4 Å². The second kappa shape index (κ2) is 4.14. The molecule has 0 spiro atoms. The first-order chi connectivity index (χ1) is 7.56. The van der Waals surface area contributed by atoms with Crippen molar-refractivity contribution in [3.05, 3.63) is 40.4 Å². The number of hydrogen-bond donors (Lipinski definition) is 1. The molecule has 0 aliphatic carbocycles. The molecule has 0 aliphatic heterocycles. The number of nitrogen functional groups attached to an aromatic ring is 1. The van der Waals surface area contributed by atoms with Crippen molar-refractivity contribution in [2.75, 3.05) is 5.73 Å². The van der Waals surface area contributed by atoms with E-state index >= 15 is 0 Å². The van der Waals surface area contributed by atoms with Gasteiger partial charge in [0.2, 0.25) is 0 Å². The van der Waals surface area contributed by atoms with Gasteiger partial charge in [-0.25, -0.2) is 9.67 Å². The third kappa shape index (κ3) is 2.17. The van der Waals surface area contributed by atoms with E-state index in [1.807, 2.05) is 24.6 Å². The summed E-state index contributed by atoms with van der Waals surface area (Å²) in [5.74, 6) is 1.63. The third-order valence-corrected chi connectivity index (χ3v) is 2.72. The molecule has 0 saturated carbocycles. The molecule has 2 aromatic rings. The summed E-state index contributed by atoms with van der Waals surface area (Å²) in [6.07, 6.45) is 0. The van der Waals surface area contributed by atoms with Gasteiger partial charge in [0.25, 0.3) is 0 Å². The highest BCUT2D eigenvalue weighted by Gasteiger charge is 2.06. The molecule has 0 amide bonds. The second-order valence-corrected chi connectivity index (χ2v) is 4.12. The first-order valence-corrected chi connectivity index (χ1v) is 5.36. The van der Waals surface area contributed by atoms with E-state index in [2.05, 4.69) is 10.1 Å². The number of benzene rings is 1. The molecule has 1 aromatic carbocycles. The zero-order valence-electron chi connectivity index (χ0n) is 9.24. The molecule has 84 valence electrons. The van der Waals surface area contributed by atoms with Crippen LogP contribution in [0.1, 0.15) is 17.2 Å². The quantitative estimate of drug-likeness (QED) is 0.814. The molecule has 0 unspecified atom stereocenters. The molecule has 0 bridgehead atoms. The van der Waals surface area contributed by atoms with Gasteiger partial charge in [-0.05, 0) is 37.6 Å². The average Bonchev–Trinajstić information content (AvgIpc) is 2.51. The summed E-state index contributed by atoms with van der Waals surface area (Å²) < 4.78 is 1.82. The van der Waals surface area contributed by atoms with Gasteiger partial charge in [-0.1, -0.05) is 11.6 Å². The van der Waals surface area contributed by atoms with Crippen molar-refractivity contribution in [1.82, 2.24) is 14.8 Å². The molecule has 0 atom stereocenters. The number of aromatic nitrogens is 3. The molecule has 0 saturated heterocycles. The molecular weight excluding hydrogens is 224 g/mol. The van der Waals surface area contributed by atoms with E-state index in [-0.39, 0.29) is 0 Å². The van der Waals surface area contributed by atoms with Gasteiger partial charge < -0.3 is 5.73 Å². The molecular formula is C11H13ClN4. The van der Waals surface area contributed by atoms with Crippen LogP contribution in [0.5, 0.6) is 0 Å². The molecule has 4 nitrogen and oxygen atoms in total. The zero-order chi connectivity index (χ0) is 11.7. The van der Waals surface area contributed by atoms with Crippen LogP contribution < -0.4 is 5.73 Å². The van der Waals surface area contributed by atoms with Crippen LogP contribution in [0.15, 0.2) is 18.2 Å². The maximum atomic E-state index is 6.09. The minimum Gasteiger partial charge on any atom is -0.399 e. The highest BCUT2D eigenvalue weighted by molar-refractivity contribution is 6.31. The number of anilines is 1. The number of hydrogen-bond acceptors (Lipinski definition) is 3. The molecule has 0 fully saturated rings. The maximum absolute atomic E-state index is 6.09. The van der Waals surface area contributed by atoms with Crippen LogP contribution in [0.25, 0.3) is 0 Å². The van der Waals surface area contributed by atoms with Crippen molar-refractivity contribution < 1.29 is 0 Å². The lowest BCUT2D eigenvalue weighted by Crippen LogP contribution is -2.05. The van der Waals surface area contributed by atoms with Gasteiger partial charge in [0.1, 0.15) is 11.6 Å². The maximum Gasteiger partial charge on any atom is 0.147 e. The van der Waals surface area contributed by atoms with Crippen LogP contribution >= 0.6 is 11.6 Å². The Bertz CT molecular complexity index is 519. The number of aryl methyl sites for hydroxylation is 2. The monoisotopic (exact) mass is 236 g/mol. The fourth-order valence-electron chi connectivity index (χ4n) is 1.59. The molecule has 2 N–H and O–H groups in total. The lowest BCUT2D eigenvalue weighted by Gasteiger charge is -2.06. The highest BCUT2D eigenvalue weighted by atomic mass is 35.5. The van der Waals surface area contributed by atoms with Crippen molar-refractivity contribution >= 4 is 17.3 Å². The van der Waals surface area contributed by atoms with Crippen molar-refractivity contribution in [2.24, 2.45) is 0 Å². The van der Waals surface area contributed by atoms with Crippen LogP contribution in [0.3, 0.4) is 0 Å². The molecule has 0 radical (unpaired) electrons. The summed E-state index contributed by atoms with van der Waals surface area (Å²) in [7, 11) is 0. The normalized spacial score (nSPS) is 10.7. The summed E-state index contributed by atoms with van der Waals surface area (Å²) in [6, 6.07) is 5.44. The van der Waals surface area contributed by atoms with E-state index in [1.54, 1.807) is 12.1 Å². The lowest BCUT2D eigenvalue weighted by molar-refractivity contribution is 0.656. The first kappa shape index (κ1) is 11.0. The Kier molecular flexibility index (Phi) is 2.83. The summed E-state index contributed by atoms with van der Waals surface area (Å²) in [4.78, 5) is 4.24. The predicted octanol–water partition coefficient (Wildman–Crippen LogP) is 2.18. The van der Waals surface area contributed by atoms with E-state index < -0.39 is 0 Å². The molecule has 1 aromatic heterocycles. The standard InChI is InChI=1S/C11H13ClN4/c1-7-14-8(2)16(15-7)6-9-5-10(13)3-4-11(9)12/h3-5H,6,13H2,1-2H3. The van der Waals surface area contributed by atoms with Gasteiger partial charge in [-0.15, -0.1) is 0 Å².